The Morgan fingerprint density at radius 3 is 1.15 bits per heavy atom. The number of nitrogens with zero attached hydrogens (tertiary/aromatic N) is 3. The molecule has 0 amide bonds. The first kappa shape index (κ1) is 32.7. The summed E-state index contributed by atoms with van der Waals surface area (Å²) >= 11 is 0. The third-order valence-corrected chi connectivity index (χ3v) is 9.77. The van der Waals surface area contributed by atoms with Gasteiger partial charge in [-0.15, -0.1) is 0 Å². The zero-order valence-corrected chi connectivity index (χ0v) is 29.5. The van der Waals surface area contributed by atoms with Crippen molar-refractivity contribution in [1.82, 2.24) is 15.0 Å². The normalized spacial score (nSPS) is 11.0. The number of benzene rings is 7. The van der Waals surface area contributed by atoms with Gasteiger partial charge in [0, 0.05) is 34.0 Å². The highest BCUT2D eigenvalue weighted by atomic mass is 14.9. The molecule has 0 unspecified atom stereocenters. The number of rotatable bonds is 8. The molecule has 3 nitrogen and oxygen atoms in total. The summed E-state index contributed by atoms with van der Waals surface area (Å²) in [6.45, 7) is 0. The molecular formula is C51H35N3. The van der Waals surface area contributed by atoms with Gasteiger partial charge in [-0.25, -0.2) is 9.97 Å². The smallest absolute Gasteiger partial charge is 0.160 e. The van der Waals surface area contributed by atoms with E-state index in [9.17, 15) is 0 Å². The van der Waals surface area contributed by atoms with Crippen LogP contribution >= 0.6 is 0 Å². The second-order valence-corrected chi connectivity index (χ2v) is 13.3. The topological polar surface area (TPSA) is 38.7 Å². The maximum absolute atomic E-state index is 5.29. The molecule has 0 radical (unpaired) electrons. The third kappa shape index (κ3) is 6.87. The molecule has 0 fully saturated rings. The molecule has 3 heteroatoms. The average Bonchev–Trinajstić information content (AvgIpc) is 3.27. The molecule has 254 valence electrons. The van der Waals surface area contributed by atoms with Crippen LogP contribution in [-0.2, 0) is 0 Å². The van der Waals surface area contributed by atoms with Crippen molar-refractivity contribution in [2.45, 2.75) is 0 Å². The highest BCUT2D eigenvalue weighted by molar-refractivity contribution is 5.87. The number of hydrogen-bond donors (Lipinski definition) is 0. The van der Waals surface area contributed by atoms with Gasteiger partial charge in [0.05, 0.1) is 17.1 Å². The van der Waals surface area contributed by atoms with Gasteiger partial charge in [0.2, 0.25) is 0 Å². The predicted octanol–water partition coefficient (Wildman–Crippen LogP) is 13.2. The lowest BCUT2D eigenvalue weighted by molar-refractivity contribution is 1.18. The van der Waals surface area contributed by atoms with E-state index < -0.39 is 0 Å². The van der Waals surface area contributed by atoms with E-state index in [0.717, 1.165) is 72.7 Å². The zero-order valence-electron chi connectivity index (χ0n) is 29.5. The van der Waals surface area contributed by atoms with E-state index in [4.69, 9.17) is 15.0 Å². The van der Waals surface area contributed by atoms with Crippen LogP contribution in [0, 0.1) is 0 Å². The van der Waals surface area contributed by atoms with Gasteiger partial charge in [-0.1, -0.05) is 176 Å². The summed E-state index contributed by atoms with van der Waals surface area (Å²) in [6.07, 6.45) is 1.86. The first-order chi connectivity index (χ1) is 26.7. The van der Waals surface area contributed by atoms with Gasteiger partial charge in [-0.05, 0) is 69.3 Å². The lowest BCUT2D eigenvalue weighted by Gasteiger charge is -2.15. The second-order valence-electron chi connectivity index (χ2n) is 13.3. The van der Waals surface area contributed by atoms with Crippen LogP contribution in [0.2, 0.25) is 0 Å². The summed E-state index contributed by atoms with van der Waals surface area (Å²) in [4.78, 5) is 15.4. The Kier molecular flexibility index (Phi) is 8.94. The summed E-state index contributed by atoms with van der Waals surface area (Å²) in [5.41, 5.74) is 15.7. The van der Waals surface area contributed by atoms with E-state index in [2.05, 4.69) is 176 Å². The minimum absolute atomic E-state index is 0.658. The minimum atomic E-state index is 0.658. The fourth-order valence-electron chi connectivity index (χ4n) is 6.97. The van der Waals surface area contributed by atoms with Gasteiger partial charge < -0.3 is 0 Å². The van der Waals surface area contributed by atoms with Gasteiger partial charge in [-0.3, -0.25) is 4.98 Å². The van der Waals surface area contributed by atoms with Crippen LogP contribution in [0.25, 0.3) is 89.7 Å². The van der Waals surface area contributed by atoms with Crippen molar-refractivity contribution in [3.8, 4) is 89.7 Å². The molecule has 0 saturated heterocycles. The average molecular weight is 690 g/mol. The summed E-state index contributed by atoms with van der Waals surface area (Å²) in [6, 6.07) is 72.0. The maximum Gasteiger partial charge on any atom is 0.160 e. The Morgan fingerprint density at radius 2 is 0.648 bits per heavy atom. The SMILES string of the molecule is c1ccc(-c2ccc(-c3cc(-c4ccc(-c5ccccc5)cc4)nc(-c4cc(-c5ccccc5)cc(-c5cccnc5-c5ccccc5)c4)n3)cc2)cc1. The van der Waals surface area contributed by atoms with E-state index in [1.54, 1.807) is 0 Å². The standard InChI is InChI=1S/C51H35N3/c1-5-14-36(15-6-1)39-23-27-41(28-24-39)48-35-49(42-29-25-40(26-30-42)37-16-7-2-8-17-37)54-51(53-48)46-33-44(38-18-9-3-10-19-38)32-45(34-46)47-22-13-31-52-50(47)43-20-11-4-12-21-43/h1-35H. The van der Waals surface area contributed by atoms with Gasteiger partial charge in [0.25, 0.3) is 0 Å². The molecule has 0 saturated carbocycles. The van der Waals surface area contributed by atoms with Gasteiger partial charge in [0.1, 0.15) is 0 Å². The lowest BCUT2D eigenvalue weighted by atomic mass is 9.93. The minimum Gasteiger partial charge on any atom is -0.256 e. The summed E-state index contributed by atoms with van der Waals surface area (Å²) in [5, 5.41) is 0. The molecule has 0 aliphatic carbocycles. The first-order valence-electron chi connectivity index (χ1n) is 18.2. The van der Waals surface area contributed by atoms with Crippen LogP contribution in [0.5, 0.6) is 0 Å². The van der Waals surface area contributed by atoms with E-state index in [1.165, 1.54) is 11.1 Å². The Morgan fingerprint density at radius 1 is 0.259 bits per heavy atom. The summed E-state index contributed by atoms with van der Waals surface area (Å²) in [5.74, 6) is 0.658. The molecule has 7 aromatic carbocycles. The molecule has 0 bridgehead atoms. The van der Waals surface area contributed by atoms with Crippen LogP contribution in [0.4, 0.5) is 0 Å². The third-order valence-electron chi connectivity index (χ3n) is 9.77. The van der Waals surface area contributed by atoms with Gasteiger partial charge in [-0.2, -0.15) is 0 Å². The quantitative estimate of drug-likeness (QED) is 0.159. The lowest BCUT2D eigenvalue weighted by Crippen LogP contribution is -1.97. The van der Waals surface area contributed by atoms with Crippen molar-refractivity contribution in [1.29, 1.82) is 0 Å². The summed E-state index contributed by atoms with van der Waals surface area (Å²) < 4.78 is 0. The highest BCUT2D eigenvalue weighted by Crippen LogP contribution is 2.37. The van der Waals surface area contributed by atoms with Crippen molar-refractivity contribution < 1.29 is 0 Å². The number of pyridine rings is 1. The Balaban J connectivity index is 1.22. The molecule has 9 aromatic rings. The van der Waals surface area contributed by atoms with Crippen LogP contribution < -0.4 is 0 Å². The zero-order chi connectivity index (χ0) is 36.1. The number of aromatic nitrogens is 3. The maximum atomic E-state index is 5.29. The van der Waals surface area contributed by atoms with E-state index in [-0.39, 0.29) is 0 Å². The number of hydrogen-bond acceptors (Lipinski definition) is 3. The Bertz CT molecular complexity index is 2550. The Labute approximate surface area is 316 Å². The molecule has 54 heavy (non-hydrogen) atoms. The molecule has 9 rings (SSSR count). The molecule has 0 spiro atoms. The van der Waals surface area contributed by atoms with Crippen molar-refractivity contribution in [2.24, 2.45) is 0 Å². The second kappa shape index (κ2) is 14.8. The van der Waals surface area contributed by atoms with E-state index in [0.29, 0.717) is 5.82 Å². The van der Waals surface area contributed by atoms with E-state index in [1.807, 2.05) is 36.5 Å². The first-order valence-corrected chi connectivity index (χ1v) is 18.2. The van der Waals surface area contributed by atoms with Crippen LogP contribution in [0.15, 0.2) is 212 Å². The van der Waals surface area contributed by atoms with Gasteiger partial charge >= 0.3 is 0 Å². The van der Waals surface area contributed by atoms with Crippen molar-refractivity contribution in [3.05, 3.63) is 212 Å². The monoisotopic (exact) mass is 689 g/mol. The largest absolute Gasteiger partial charge is 0.256 e. The molecule has 2 heterocycles. The highest BCUT2D eigenvalue weighted by Gasteiger charge is 2.16. The molecule has 0 N–H and O–H groups in total. The van der Waals surface area contributed by atoms with Crippen molar-refractivity contribution >= 4 is 0 Å². The predicted molar refractivity (Wildman–Crippen MR) is 223 cm³/mol. The van der Waals surface area contributed by atoms with Crippen molar-refractivity contribution in [2.75, 3.05) is 0 Å². The Hall–Kier alpha value is -7.23. The molecule has 0 aliphatic heterocycles. The molecule has 0 aliphatic rings. The molecular weight excluding hydrogens is 655 g/mol. The van der Waals surface area contributed by atoms with Crippen LogP contribution in [0.1, 0.15) is 0 Å². The molecule has 0 atom stereocenters. The summed E-state index contributed by atoms with van der Waals surface area (Å²) in [7, 11) is 0. The van der Waals surface area contributed by atoms with E-state index >= 15 is 0 Å². The molecule has 2 aromatic heterocycles. The van der Waals surface area contributed by atoms with Gasteiger partial charge in [0.15, 0.2) is 5.82 Å². The van der Waals surface area contributed by atoms with Crippen LogP contribution in [-0.4, -0.2) is 15.0 Å². The fraction of sp³-hybridized carbons (Fsp3) is 0. The van der Waals surface area contributed by atoms with Crippen molar-refractivity contribution in [3.63, 3.8) is 0 Å². The van der Waals surface area contributed by atoms with Crippen LogP contribution in [0.3, 0.4) is 0 Å². The fourth-order valence-corrected chi connectivity index (χ4v) is 6.97.